The van der Waals surface area contributed by atoms with E-state index < -0.39 is 6.29 Å². The van der Waals surface area contributed by atoms with E-state index in [0.29, 0.717) is 30.0 Å². The van der Waals surface area contributed by atoms with Crippen molar-refractivity contribution in [3.8, 4) is 0 Å². The third kappa shape index (κ3) is 1.68. The number of H-pyrrole nitrogens is 1. The van der Waals surface area contributed by atoms with Crippen LogP contribution in [0.15, 0.2) is 24.3 Å². The molecule has 5 aliphatic heterocycles. The van der Waals surface area contributed by atoms with E-state index >= 15 is 0 Å². The molecule has 7 rings (SSSR count). The number of hydrogen-bond acceptors (Lipinski definition) is 4. The molecule has 0 amide bonds. The number of nitrogens with zero attached hydrogens (tertiary/aromatic N) is 1. The van der Waals surface area contributed by atoms with Crippen molar-refractivity contribution in [2.45, 2.75) is 50.5 Å². The van der Waals surface area contributed by atoms with Crippen LogP contribution in [0.5, 0.6) is 0 Å². The molecule has 2 N–H and O–H groups in total. The summed E-state index contributed by atoms with van der Waals surface area (Å²) in [5.41, 5.74) is 4.09. The van der Waals surface area contributed by atoms with Gasteiger partial charge in [0.25, 0.3) is 0 Å². The van der Waals surface area contributed by atoms with Crippen LogP contribution in [0.3, 0.4) is 0 Å². The molecule has 9 atom stereocenters. The van der Waals surface area contributed by atoms with Crippen molar-refractivity contribution < 1.29 is 14.6 Å². The van der Waals surface area contributed by atoms with E-state index in [2.05, 4.69) is 41.1 Å². The second-order valence-corrected chi connectivity index (χ2v) is 8.22. The molecule has 0 radical (unpaired) electrons. The van der Waals surface area contributed by atoms with Gasteiger partial charge in [-0.1, -0.05) is 18.2 Å². The maximum absolute atomic E-state index is 10.7. The van der Waals surface area contributed by atoms with Crippen molar-refractivity contribution in [1.29, 1.82) is 0 Å². The van der Waals surface area contributed by atoms with Crippen LogP contribution >= 0.6 is 0 Å². The minimum absolute atomic E-state index is 0.186. The van der Waals surface area contributed by atoms with Crippen LogP contribution in [-0.2, 0) is 15.9 Å². The minimum Gasteiger partial charge on any atom is -0.368 e. The number of rotatable bonds is 1. The Bertz CT molecular complexity index is 849. The number of para-hydroxylation sites is 1. The van der Waals surface area contributed by atoms with E-state index in [1.165, 1.54) is 22.2 Å². The summed E-state index contributed by atoms with van der Waals surface area (Å²) in [6.07, 6.45) is 1.05. The highest BCUT2D eigenvalue weighted by Crippen LogP contribution is 2.60. The third-order valence-corrected chi connectivity index (χ3v) is 7.44. The first kappa shape index (κ1) is 14.7. The first-order valence-corrected chi connectivity index (χ1v) is 9.42. The van der Waals surface area contributed by atoms with E-state index in [1.807, 2.05) is 0 Å². The number of nitrogens with one attached hydrogen (secondary N) is 1. The molecule has 132 valence electrons. The quantitative estimate of drug-likeness (QED) is 0.837. The molecule has 2 aromatic rings. The fourth-order valence-electron chi connectivity index (χ4n) is 6.61. The highest BCUT2D eigenvalue weighted by Gasteiger charge is 2.64. The van der Waals surface area contributed by atoms with Crippen molar-refractivity contribution >= 4 is 10.9 Å². The molecule has 5 heteroatoms. The molecule has 0 saturated carbocycles. The number of fused-ring (bicyclic) bond motifs is 3. The van der Waals surface area contributed by atoms with Gasteiger partial charge in [-0.2, -0.15) is 0 Å². The predicted molar refractivity (Wildman–Crippen MR) is 92.8 cm³/mol. The van der Waals surface area contributed by atoms with Gasteiger partial charge in [0.05, 0.1) is 6.04 Å². The fourth-order valence-corrected chi connectivity index (χ4v) is 6.61. The zero-order valence-electron chi connectivity index (χ0n) is 14.6. The largest absolute Gasteiger partial charge is 0.368 e. The Balaban J connectivity index is 1.52. The monoisotopic (exact) mass is 340 g/mol. The van der Waals surface area contributed by atoms with Crippen LogP contribution in [0.1, 0.15) is 30.6 Å². The molecule has 6 bridgehead atoms. The normalized spacial score (nSPS) is 47.1. The number of piperidine rings is 3. The summed E-state index contributed by atoms with van der Waals surface area (Å²) in [6.45, 7) is 2.31. The van der Waals surface area contributed by atoms with Crippen molar-refractivity contribution in [3.05, 3.63) is 35.5 Å². The topological polar surface area (TPSA) is 57.7 Å². The van der Waals surface area contributed by atoms with Crippen LogP contribution in [-0.4, -0.2) is 46.8 Å². The van der Waals surface area contributed by atoms with Gasteiger partial charge in [-0.25, -0.2) is 0 Å². The molecule has 4 saturated heterocycles. The summed E-state index contributed by atoms with van der Waals surface area (Å²) >= 11 is 0. The van der Waals surface area contributed by atoms with Gasteiger partial charge in [0.2, 0.25) is 0 Å². The second kappa shape index (κ2) is 4.86. The number of aliphatic hydroxyl groups excluding tert-OH is 1. The summed E-state index contributed by atoms with van der Waals surface area (Å²) in [4.78, 5) is 6.37. The number of aromatic amines is 1. The zero-order valence-corrected chi connectivity index (χ0v) is 14.6. The van der Waals surface area contributed by atoms with Crippen LogP contribution in [0, 0.1) is 17.8 Å². The number of benzene rings is 1. The van der Waals surface area contributed by atoms with Crippen LogP contribution in [0.4, 0.5) is 0 Å². The summed E-state index contributed by atoms with van der Waals surface area (Å²) in [5, 5.41) is 12.1. The Hall–Kier alpha value is -1.40. The van der Waals surface area contributed by atoms with Crippen molar-refractivity contribution in [3.63, 3.8) is 0 Å². The molecule has 6 heterocycles. The first-order valence-electron chi connectivity index (χ1n) is 9.42. The van der Waals surface area contributed by atoms with Gasteiger partial charge in [0.15, 0.2) is 12.6 Å². The molecule has 2 unspecified atom stereocenters. The molecule has 1 aromatic carbocycles. The average molecular weight is 340 g/mol. The Kier molecular flexibility index (Phi) is 2.86. The fraction of sp³-hybridized carbons (Fsp3) is 0.600. The van der Waals surface area contributed by atoms with E-state index in [1.54, 1.807) is 7.11 Å². The van der Waals surface area contributed by atoms with Crippen LogP contribution < -0.4 is 0 Å². The lowest BCUT2D eigenvalue weighted by molar-refractivity contribution is -0.355. The maximum Gasteiger partial charge on any atom is 0.164 e. The zero-order chi connectivity index (χ0) is 16.9. The second-order valence-electron chi connectivity index (χ2n) is 8.22. The van der Waals surface area contributed by atoms with Gasteiger partial charge >= 0.3 is 0 Å². The highest BCUT2D eigenvalue weighted by molar-refractivity contribution is 5.85. The summed E-state index contributed by atoms with van der Waals surface area (Å²) in [5.74, 6) is 0.991. The molecule has 0 aliphatic carbocycles. The smallest absolute Gasteiger partial charge is 0.164 e. The number of ether oxygens (including phenoxy) is 2. The standard InChI is InChI=1S/C20H24N2O3/c1-9-16-12-8-15-18-11(10-5-3-4-6-13(10)21-18)7-14(22(9)15)17(12)19(23)25-20(16)24-2/h3-6,9,12,14-17,19-21,23H,7-8H2,1-2H3/t9?,12-,14-,15-,16+,17-,19+,20+/m0/s1. The Morgan fingerprint density at radius 1 is 1.28 bits per heavy atom. The van der Waals surface area contributed by atoms with Gasteiger partial charge in [0.1, 0.15) is 0 Å². The van der Waals surface area contributed by atoms with Crippen molar-refractivity contribution in [1.82, 2.24) is 9.88 Å². The van der Waals surface area contributed by atoms with Crippen LogP contribution in [0.2, 0.25) is 0 Å². The number of hydrogen-bond donors (Lipinski definition) is 2. The van der Waals surface area contributed by atoms with E-state index in [4.69, 9.17) is 9.47 Å². The Morgan fingerprint density at radius 2 is 2.12 bits per heavy atom. The Morgan fingerprint density at radius 3 is 2.96 bits per heavy atom. The maximum atomic E-state index is 10.7. The van der Waals surface area contributed by atoms with E-state index in [-0.39, 0.29) is 12.2 Å². The molecule has 0 spiro atoms. The molecular weight excluding hydrogens is 316 g/mol. The van der Waals surface area contributed by atoms with E-state index in [9.17, 15) is 5.11 Å². The molecule has 5 aliphatic rings. The highest BCUT2D eigenvalue weighted by atomic mass is 16.7. The minimum atomic E-state index is -0.723. The number of aromatic nitrogens is 1. The lowest BCUT2D eigenvalue weighted by atomic mass is 9.58. The van der Waals surface area contributed by atoms with Gasteiger partial charge in [-0.3, -0.25) is 4.90 Å². The lowest BCUT2D eigenvalue weighted by Gasteiger charge is -2.66. The van der Waals surface area contributed by atoms with Crippen molar-refractivity contribution in [2.75, 3.05) is 7.11 Å². The molecule has 1 aromatic heterocycles. The number of methoxy groups -OCH3 is 1. The summed E-state index contributed by atoms with van der Waals surface area (Å²) in [6, 6.07) is 9.80. The molecule has 4 fully saturated rings. The predicted octanol–water partition coefficient (Wildman–Crippen LogP) is 2.41. The van der Waals surface area contributed by atoms with E-state index in [0.717, 1.165) is 12.8 Å². The van der Waals surface area contributed by atoms with Gasteiger partial charge in [-0.15, -0.1) is 0 Å². The van der Waals surface area contributed by atoms with Gasteiger partial charge < -0.3 is 19.6 Å². The van der Waals surface area contributed by atoms with Gasteiger partial charge in [-0.05, 0) is 37.3 Å². The van der Waals surface area contributed by atoms with Gasteiger partial charge in [0, 0.05) is 47.6 Å². The Labute approximate surface area is 146 Å². The van der Waals surface area contributed by atoms with Crippen molar-refractivity contribution in [2.24, 2.45) is 17.8 Å². The molecule has 5 nitrogen and oxygen atoms in total. The third-order valence-electron chi connectivity index (χ3n) is 7.44. The SMILES string of the molecule is CO[C@@H]1O[C@@H](O)[C@H]2[C@H]3C[C@H]4c5[nH]c6ccccc6c5C[C@@H]2N4C(C)[C@@H]13. The average Bonchev–Trinajstić information content (AvgIpc) is 2.99. The summed E-state index contributed by atoms with van der Waals surface area (Å²) in [7, 11) is 1.69. The first-order chi connectivity index (χ1) is 12.2. The lowest BCUT2D eigenvalue weighted by Crippen LogP contribution is -2.73. The molecular formula is C20H24N2O3. The summed E-state index contributed by atoms with van der Waals surface area (Å²) < 4.78 is 11.5. The number of aliphatic hydroxyl groups is 1. The van der Waals surface area contributed by atoms with Crippen LogP contribution in [0.25, 0.3) is 10.9 Å². The molecule has 25 heavy (non-hydrogen) atoms.